The first-order valence-electron chi connectivity index (χ1n) is 3.66. The molecule has 0 bridgehead atoms. The zero-order valence-electron chi connectivity index (χ0n) is 6.71. The molecule has 1 aromatic carbocycles. The molecule has 1 aromatic rings. The molecule has 12 heavy (non-hydrogen) atoms. The smallest absolute Gasteiger partial charge is 0.155 e. The molecule has 0 fully saturated rings. The number of carbonyl (C=O) groups is 1. The van der Waals surface area contributed by atoms with Gasteiger partial charge in [-0.3, -0.25) is 4.79 Å². The van der Waals surface area contributed by atoms with Crippen LogP contribution in [0, 0.1) is 0 Å². The Morgan fingerprint density at radius 2 is 2.33 bits per heavy atom. The molecule has 1 rings (SSSR count). The Balaban J connectivity index is 3.09. The predicted octanol–water partition coefficient (Wildman–Crippen LogP) is 2.55. The lowest BCUT2D eigenvalue weighted by Crippen LogP contribution is -1.95. The third-order valence-corrected chi connectivity index (χ3v) is 1.76. The highest BCUT2D eigenvalue weighted by atomic mass is 35.5. The number of rotatable bonds is 3. The maximum atomic E-state index is 10.6. The molecule has 0 N–H and O–H groups in total. The molecular formula is C9H9ClO2. The molecule has 0 saturated heterocycles. The third kappa shape index (κ3) is 1.77. The Bertz CT molecular complexity index is 284. The van der Waals surface area contributed by atoms with E-state index in [-0.39, 0.29) is 0 Å². The van der Waals surface area contributed by atoms with Crippen molar-refractivity contribution in [3.8, 4) is 5.75 Å². The van der Waals surface area contributed by atoms with Crippen molar-refractivity contribution in [3.63, 3.8) is 0 Å². The van der Waals surface area contributed by atoms with Gasteiger partial charge in [0.25, 0.3) is 0 Å². The van der Waals surface area contributed by atoms with Crippen molar-refractivity contribution in [1.29, 1.82) is 0 Å². The second-order valence-electron chi connectivity index (χ2n) is 2.20. The molecule has 64 valence electrons. The van der Waals surface area contributed by atoms with Crippen molar-refractivity contribution in [2.45, 2.75) is 6.92 Å². The van der Waals surface area contributed by atoms with E-state index in [4.69, 9.17) is 16.3 Å². The van der Waals surface area contributed by atoms with Crippen LogP contribution in [-0.4, -0.2) is 12.9 Å². The molecule has 0 spiro atoms. The molecule has 0 aliphatic rings. The number of hydrogen-bond donors (Lipinski definition) is 0. The summed E-state index contributed by atoms with van der Waals surface area (Å²) in [5.74, 6) is 0.542. The molecule has 0 saturated carbocycles. The Kier molecular flexibility index (Phi) is 3.11. The van der Waals surface area contributed by atoms with Crippen molar-refractivity contribution in [2.24, 2.45) is 0 Å². The van der Waals surface area contributed by atoms with Crippen molar-refractivity contribution >= 4 is 17.9 Å². The first-order valence-corrected chi connectivity index (χ1v) is 4.04. The molecule has 0 radical (unpaired) electrons. The van der Waals surface area contributed by atoms with Crippen LogP contribution in [-0.2, 0) is 0 Å². The highest BCUT2D eigenvalue weighted by Crippen LogP contribution is 2.24. The summed E-state index contributed by atoms with van der Waals surface area (Å²) in [5.41, 5.74) is 0.418. The van der Waals surface area contributed by atoms with Gasteiger partial charge in [-0.25, -0.2) is 0 Å². The minimum atomic E-state index is 0.418. The molecule has 3 heteroatoms. The van der Waals surface area contributed by atoms with Crippen LogP contribution in [0.25, 0.3) is 0 Å². The molecule has 0 heterocycles. The van der Waals surface area contributed by atoms with Crippen LogP contribution in [0.5, 0.6) is 5.75 Å². The maximum Gasteiger partial charge on any atom is 0.155 e. The Labute approximate surface area is 76.1 Å². The Morgan fingerprint density at radius 3 is 2.92 bits per heavy atom. The van der Waals surface area contributed by atoms with E-state index in [0.717, 1.165) is 0 Å². The lowest BCUT2D eigenvalue weighted by Gasteiger charge is -2.05. The van der Waals surface area contributed by atoms with Gasteiger partial charge in [0.2, 0.25) is 0 Å². The zero-order chi connectivity index (χ0) is 8.97. The number of benzene rings is 1. The number of halogens is 1. The van der Waals surface area contributed by atoms with Gasteiger partial charge < -0.3 is 4.74 Å². The largest absolute Gasteiger partial charge is 0.493 e. The minimum absolute atomic E-state index is 0.418. The molecule has 0 amide bonds. The fourth-order valence-corrected chi connectivity index (χ4v) is 1.12. The monoisotopic (exact) mass is 184 g/mol. The summed E-state index contributed by atoms with van der Waals surface area (Å²) in [6.07, 6.45) is 0.702. The van der Waals surface area contributed by atoms with E-state index in [1.54, 1.807) is 18.2 Å². The number of aldehydes is 1. The first kappa shape index (κ1) is 9.07. The van der Waals surface area contributed by atoms with Crippen LogP contribution >= 0.6 is 11.6 Å². The lowest BCUT2D eigenvalue weighted by molar-refractivity contribution is 0.112. The van der Waals surface area contributed by atoms with Gasteiger partial charge in [-0.05, 0) is 19.1 Å². The summed E-state index contributed by atoms with van der Waals surface area (Å²) >= 11 is 5.75. The van der Waals surface area contributed by atoms with Crippen LogP contribution in [0.2, 0.25) is 5.02 Å². The Hall–Kier alpha value is -1.02. The molecular weight excluding hydrogens is 176 g/mol. The zero-order valence-corrected chi connectivity index (χ0v) is 7.47. The molecule has 0 aliphatic carbocycles. The van der Waals surface area contributed by atoms with E-state index < -0.39 is 0 Å². The predicted molar refractivity (Wildman–Crippen MR) is 48.0 cm³/mol. The molecule has 0 atom stereocenters. The van der Waals surface area contributed by atoms with Crippen molar-refractivity contribution in [2.75, 3.05) is 6.61 Å². The van der Waals surface area contributed by atoms with Crippen molar-refractivity contribution in [3.05, 3.63) is 28.8 Å². The fourth-order valence-electron chi connectivity index (χ4n) is 0.913. The fraction of sp³-hybridized carbons (Fsp3) is 0.222. The number of carbonyl (C=O) groups excluding carboxylic acids is 1. The molecule has 0 unspecified atom stereocenters. The van der Waals surface area contributed by atoms with Crippen LogP contribution in [0.15, 0.2) is 18.2 Å². The van der Waals surface area contributed by atoms with Crippen LogP contribution < -0.4 is 4.74 Å². The minimum Gasteiger partial charge on any atom is -0.493 e. The molecule has 2 nitrogen and oxygen atoms in total. The summed E-state index contributed by atoms with van der Waals surface area (Å²) < 4.78 is 5.19. The molecule has 0 aliphatic heterocycles. The highest BCUT2D eigenvalue weighted by Gasteiger charge is 2.05. The summed E-state index contributed by atoms with van der Waals surface area (Å²) in [7, 11) is 0. The highest BCUT2D eigenvalue weighted by molar-refractivity contribution is 6.33. The van der Waals surface area contributed by atoms with Gasteiger partial charge in [0.1, 0.15) is 5.75 Å². The average molecular weight is 185 g/mol. The number of hydrogen-bond acceptors (Lipinski definition) is 2. The second-order valence-corrected chi connectivity index (χ2v) is 2.61. The summed E-state index contributed by atoms with van der Waals surface area (Å²) in [4.78, 5) is 10.6. The number of ether oxygens (including phenoxy) is 1. The first-order chi connectivity index (χ1) is 5.79. The van der Waals surface area contributed by atoms with Gasteiger partial charge in [-0.1, -0.05) is 17.7 Å². The van der Waals surface area contributed by atoms with E-state index in [1.165, 1.54) is 0 Å². The SMILES string of the molecule is CCOc1cccc(Cl)c1C=O. The summed E-state index contributed by atoms with van der Waals surface area (Å²) in [5, 5.41) is 0.427. The second kappa shape index (κ2) is 4.12. The van der Waals surface area contributed by atoms with E-state index in [1.807, 2.05) is 6.92 Å². The van der Waals surface area contributed by atoms with E-state index in [9.17, 15) is 4.79 Å². The van der Waals surface area contributed by atoms with Crippen LogP contribution in [0.4, 0.5) is 0 Å². The average Bonchev–Trinajstić information content (AvgIpc) is 2.05. The summed E-state index contributed by atoms with van der Waals surface area (Å²) in [6.45, 7) is 2.39. The topological polar surface area (TPSA) is 26.3 Å². The Morgan fingerprint density at radius 1 is 1.58 bits per heavy atom. The van der Waals surface area contributed by atoms with Crippen molar-refractivity contribution < 1.29 is 9.53 Å². The van der Waals surface area contributed by atoms with Gasteiger partial charge in [0.15, 0.2) is 6.29 Å². The lowest BCUT2D eigenvalue weighted by atomic mass is 10.2. The van der Waals surface area contributed by atoms with Gasteiger partial charge in [0, 0.05) is 0 Å². The van der Waals surface area contributed by atoms with Crippen LogP contribution in [0.3, 0.4) is 0 Å². The van der Waals surface area contributed by atoms with E-state index >= 15 is 0 Å². The maximum absolute atomic E-state index is 10.6. The van der Waals surface area contributed by atoms with Gasteiger partial charge >= 0.3 is 0 Å². The van der Waals surface area contributed by atoms with E-state index in [2.05, 4.69) is 0 Å². The third-order valence-electron chi connectivity index (χ3n) is 1.43. The van der Waals surface area contributed by atoms with Gasteiger partial charge in [-0.2, -0.15) is 0 Å². The normalized spacial score (nSPS) is 9.50. The van der Waals surface area contributed by atoms with Gasteiger partial charge in [0.05, 0.1) is 17.2 Å². The van der Waals surface area contributed by atoms with Crippen LogP contribution in [0.1, 0.15) is 17.3 Å². The van der Waals surface area contributed by atoms with E-state index in [0.29, 0.717) is 29.2 Å². The standard InChI is InChI=1S/C9H9ClO2/c1-2-12-9-5-3-4-8(10)7(9)6-11/h3-6H,2H2,1H3. The van der Waals surface area contributed by atoms with Gasteiger partial charge in [-0.15, -0.1) is 0 Å². The molecule has 0 aromatic heterocycles. The van der Waals surface area contributed by atoms with Crippen molar-refractivity contribution in [1.82, 2.24) is 0 Å². The quantitative estimate of drug-likeness (QED) is 0.675. The summed E-state index contributed by atoms with van der Waals surface area (Å²) in [6, 6.07) is 5.13.